The van der Waals surface area contributed by atoms with Crippen LogP contribution in [0, 0.1) is 20.8 Å². The third-order valence-corrected chi connectivity index (χ3v) is 4.17. The molecule has 0 N–H and O–H groups in total. The number of nitrogens with zero attached hydrogens (tertiary/aromatic N) is 4. The van der Waals surface area contributed by atoms with E-state index in [1.165, 1.54) is 11.6 Å². The van der Waals surface area contributed by atoms with Crippen molar-refractivity contribution in [3.63, 3.8) is 0 Å². The monoisotopic (exact) mass is 284 g/mol. The zero-order valence-electron chi connectivity index (χ0n) is 12.7. The van der Waals surface area contributed by atoms with Crippen LogP contribution >= 0.6 is 0 Å². The molecule has 6 heteroatoms. The van der Waals surface area contributed by atoms with E-state index in [0.29, 0.717) is 11.2 Å². The highest BCUT2D eigenvalue weighted by Gasteiger charge is 2.14. The fourth-order valence-electron chi connectivity index (χ4n) is 2.54. The number of hydrogen-bond acceptors (Lipinski definition) is 4. The molecule has 0 aliphatic carbocycles. The van der Waals surface area contributed by atoms with Gasteiger partial charge in [-0.05, 0) is 43.5 Å². The van der Waals surface area contributed by atoms with Crippen LogP contribution in [-0.2, 0) is 14.1 Å². The van der Waals surface area contributed by atoms with Gasteiger partial charge in [-0.25, -0.2) is 14.8 Å². The van der Waals surface area contributed by atoms with Gasteiger partial charge in [0.1, 0.15) is 0 Å². The third-order valence-electron chi connectivity index (χ3n) is 4.17. The van der Waals surface area contributed by atoms with E-state index in [0.717, 1.165) is 26.8 Å². The van der Waals surface area contributed by atoms with Crippen LogP contribution in [0.15, 0.2) is 15.7 Å². The second-order valence-corrected chi connectivity index (χ2v) is 5.41. The molecule has 2 heterocycles. The minimum atomic E-state index is -0.418. The molecule has 0 aliphatic rings. The average molecular weight is 284 g/mol. The molecule has 0 atom stereocenters. The number of fused-ring (bicyclic) bond motifs is 2. The number of rotatable bonds is 0. The lowest BCUT2D eigenvalue weighted by atomic mass is 10.0. The molecule has 3 aromatic rings. The normalized spacial score (nSPS) is 11.5. The predicted molar refractivity (Wildman–Crippen MR) is 81.7 cm³/mol. The Balaban J connectivity index is 2.66. The van der Waals surface area contributed by atoms with E-state index in [4.69, 9.17) is 0 Å². The summed E-state index contributed by atoms with van der Waals surface area (Å²) in [5, 5.41) is 0. The Morgan fingerprint density at radius 1 is 0.905 bits per heavy atom. The van der Waals surface area contributed by atoms with Crippen LogP contribution in [0.4, 0.5) is 0 Å². The molecule has 0 spiro atoms. The fourth-order valence-corrected chi connectivity index (χ4v) is 2.54. The van der Waals surface area contributed by atoms with Crippen molar-refractivity contribution in [2.75, 3.05) is 0 Å². The number of aryl methyl sites for hydroxylation is 3. The van der Waals surface area contributed by atoms with E-state index in [2.05, 4.69) is 9.97 Å². The van der Waals surface area contributed by atoms with Crippen LogP contribution in [0.25, 0.3) is 22.2 Å². The number of benzene rings is 1. The van der Waals surface area contributed by atoms with Gasteiger partial charge in [0.15, 0.2) is 11.2 Å². The Kier molecular flexibility index (Phi) is 2.73. The van der Waals surface area contributed by atoms with Crippen molar-refractivity contribution in [3.05, 3.63) is 43.6 Å². The van der Waals surface area contributed by atoms with E-state index < -0.39 is 11.2 Å². The van der Waals surface area contributed by atoms with E-state index in [9.17, 15) is 9.59 Å². The molecule has 0 amide bonds. The summed E-state index contributed by atoms with van der Waals surface area (Å²) >= 11 is 0. The molecule has 2 aromatic heterocycles. The summed E-state index contributed by atoms with van der Waals surface area (Å²) in [7, 11) is 3.04. The topological polar surface area (TPSA) is 69.8 Å². The van der Waals surface area contributed by atoms with Crippen molar-refractivity contribution in [1.82, 2.24) is 19.1 Å². The summed E-state index contributed by atoms with van der Waals surface area (Å²) in [6, 6.07) is 1.93. The molecule has 6 nitrogen and oxygen atoms in total. The maximum atomic E-state index is 12.2. The van der Waals surface area contributed by atoms with Crippen molar-refractivity contribution < 1.29 is 0 Å². The summed E-state index contributed by atoms with van der Waals surface area (Å²) in [6.45, 7) is 6.01. The second-order valence-electron chi connectivity index (χ2n) is 5.41. The molecule has 0 aliphatic heterocycles. The summed E-state index contributed by atoms with van der Waals surface area (Å²) in [6.07, 6.45) is 0. The lowest BCUT2D eigenvalue weighted by molar-refractivity contribution is 0.706. The first-order valence-corrected chi connectivity index (χ1v) is 6.67. The number of aromatic nitrogens is 4. The maximum absolute atomic E-state index is 12.2. The highest BCUT2D eigenvalue weighted by Crippen LogP contribution is 2.22. The predicted octanol–water partition coefficient (Wildman–Crippen LogP) is 1.11. The highest BCUT2D eigenvalue weighted by molar-refractivity contribution is 5.87. The van der Waals surface area contributed by atoms with Gasteiger partial charge in [0, 0.05) is 14.1 Å². The molecular formula is C15H16N4O2. The van der Waals surface area contributed by atoms with E-state index in [1.54, 1.807) is 7.05 Å². The van der Waals surface area contributed by atoms with Crippen LogP contribution < -0.4 is 11.2 Å². The quantitative estimate of drug-likeness (QED) is 0.580. The van der Waals surface area contributed by atoms with Gasteiger partial charge in [0.05, 0.1) is 11.0 Å². The zero-order valence-corrected chi connectivity index (χ0v) is 12.7. The minimum Gasteiger partial charge on any atom is -0.279 e. The van der Waals surface area contributed by atoms with Gasteiger partial charge >= 0.3 is 5.69 Å². The Morgan fingerprint density at radius 3 is 2.24 bits per heavy atom. The van der Waals surface area contributed by atoms with Crippen LogP contribution in [0.1, 0.15) is 16.7 Å². The van der Waals surface area contributed by atoms with Crippen molar-refractivity contribution in [1.29, 1.82) is 0 Å². The summed E-state index contributed by atoms with van der Waals surface area (Å²) in [5.74, 6) is 0. The molecule has 0 radical (unpaired) electrons. The lowest BCUT2D eigenvalue weighted by Crippen LogP contribution is -2.37. The van der Waals surface area contributed by atoms with Crippen LogP contribution in [0.2, 0.25) is 0 Å². The Bertz CT molecular complexity index is 1030. The van der Waals surface area contributed by atoms with Crippen molar-refractivity contribution >= 4 is 22.2 Å². The largest absolute Gasteiger partial charge is 0.332 e. The van der Waals surface area contributed by atoms with Gasteiger partial charge in [-0.1, -0.05) is 0 Å². The summed E-state index contributed by atoms with van der Waals surface area (Å²) < 4.78 is 2.41. The number of hydrogen-bond donors (Lipinski definition) is 0. The van der Waals surface area contributed by atoms with E-state index in [-0.39, 0.29) is 5.52 Å². The molecule has 0 unspecified atom stereocenters. The van der Waals surface area contributed by atoms with Gasteiger partial charge in [0.2, 0.25) is 0 Å². The molecular weight excluding hydrogens is 268 g/mol. The summed E-state index contributed by atoms with van der Waals surface area (Å²) in [5.41, 5.74) is 4.40. The molecule has 0 fully saturated rings. The van der Waals surface area contributed by atoms with Crippen molar-refractivity contribution in [2.45, 2.75) is 20.8 Å². The van der Waals surface area contributed by atoms with E-state index >= 15 is 0 Å². The van der Waals surface area contributed by atoms with Gasteiger partial charge in [-0.3, -0.25) is 13.9 Å². The first kappa shape index (κ1) is 13.5. The van der Waals surface area contributed by atoms with Crippen LogP contribution in [-0.4, -0.2) is 19.1 Å². The molecule has 0 saturated carbocycles. The Morgan fingerprint density at radius 2 is 1.57 bits per heavy atom. The maximum Gasteiger partial charge on any atom is 0.332 e. The highest BCUT2D eigenvalue weighted by atomic mass is 16.2. The SMILES string of the molecule is Cc1cc2nc3c(=O)n(C)c(=O)n(C)c3nc2c(C)c1C. The standard InChI is InChI=1S/C15H16N4O2/c1-7-6-10-11(9(3)8(7)2)17-13-12(16-10)14(20)19(5)15(21)18(13)4/h6H,1-5H3. The van der Waals surface area contributed by atoms with Gasteiger partial charge in [-0.15, -0.1) is 0 Å². The molecule has 0 bridgehead atoms. The van der Waals surface area contributed by atoms with Crippen LogP contribution in [0.5, 0.6) is 0 Å². The average Bonchev–Trinajstić information content (AvgIpc) is 2.47. The Labute approximate surface area is 120 Å². The first-order valence-electron chi connectivity index (χ1n) is 6.67. The molecule has 108 valence electrons. The van der Waals surface area contributed by atoms with Gasteiger partial charge < -0.3 is 0 Å². The second kappa shape index (κ2) is 4.25. The molecule has 1 aromatic carbocycles. The van der Waals surface area contributed by atoms with E-state index in [1.807, 2.05) is 26.8 Å². The fraction of sp³-hybridized carbons (Fsp3) is 0.333. The third kappa shape index (κ3) is 1.72. The smallest absolute Gasteiger partial charge is 0.279 e. The zero-order chi connectivity index (χ0) is 15.5. The van der Waals surface area contributed by atoms with Crippen LogP contribution in [0.3, 0.4) is 0 Å². The van der Waals surface area contributed by atoms with Gasteiger partial charge in [-0.2, -0.15) is 0 Å². The minimum absolute atomic E-state index is 0.217. The first-order chi connectivity index (χ1) is 9.82. The van der Waals surface area contributed by atoms with Gasteiger partial charge in [0.25, 0.3) is 5.56 Å². The molecule has 0 saturated heterocycles. The summed E-state index contributed by atoms with van der Waals surface area (Å²) in [4.78, 5) is 33.2. The van der Waals surface area contributed by atoms with Crippen molar-refractivity contribution in [2.24, 2.45) is 14.1 Å². The van der Waals surface area contributed by atoms with Crippen molar-refractivity contribution in [3.8, 4) is 0 Å². The Hall–Kier alpha value is -2.50. The molecule has 21 heavy (non-hydrogen) atoms. The molecule has 3 rings (SSSR count). The lowest BCUT2D eigenvalue weighted by Gasteiger charge is -2.11.